The molecule has 0 spiro atoms. The van der Waals surface area contributed by atoms with Gasteiger partial charge in [0.25, 0.3) is 5.69 Å². The zero-order valence-electron chi connectivity index (χ0n) is 11.0. The fourth-order valence-corrected chi connectivity index (χ4v) is 3.19. The summed E-state index contributed by atoms with van der Waals surface area (Å²) in [6.45, 7) is 1.47. The Hall–Kier alpha value is -1.67. The van der Waals surface area contributed by atoms with E-state index < -0.39 is 14.9 Å². The highest BCUT2D eigenvalue weighted by atomic mass is 32.2. The first kappa shape index (κ1) is 14.7. The number of nitrogens with zero attached hydrogens (tertiary/aromatic N) is 2. The number of nitrogens with two attached hydrogens (primary N) is 1. The molecule has 1 aromatic carbocycles. The van der Waals surface area contributed by atoms with E-state index in [-0.39, 0.29) is 10.6 Å². The summed E-state index contributed by atoms with van der Waals surface area (Å²) in [6, 6.07) is 3.83. The van der Waals surface area contributed by atoms with E-state index in [0.717, 1.165) is 44.8 Å². The molecule has 0 radical (unpaired) electrons. The van der Waals surface area contributed by atoms with Gasteiger partial charge in [-0.3, -0.25) is 10.1 Å². The van der Waals surface area contributed by atoms with E-state index in [0.29, 0.717) is 5.69 Å². The second-order valence-electron chi connectivity index (χ2n) is 4.86. The van der Waals surface area contributed by atoms with Crippen molar-refractivity contribution in [3.05, 3.63) is 28.3 Å². The van der Waals surface area contributed by atoms with Crippen molar-refractivity contribution in [2.45, 2.75) is 30.6 Å². The summed E-state index contributed by atoms with van der Waals surface area (Å²) < 4.78 is 23.4. The van der Waals surface area contributed by atoms with E-state index in [1.54, 1.807) is 0 Å². The van der Waals surface area contributed by atoms with Crippen LogP contribution in [0.15, 0.2) is 23.1 Å². The third-order valence-electron chi connectivity index (χ3n) is 3.41. The van der Waals surface area contributed by atoms with E-state index in [4.69, 9.17) is 5.14 Å². The molecule has 1 saturated heterocycles. The summed E-state index contributed by atoms with van der Waals surface area (Å²) in [5.74, 6) is 0. The van der Waals surface area contributed by atoms with Crippen LogP contribution in [0.2, 0.25) is 0 Å². The van der Waals surface area contributed by atoms with Crippen LogP contribution in [0.25, 0.3) is 0 Å². The highest BCUT2D eigenvalue weighted by Gasteiger charge is 2.23. The van der Waals surface area contributed by atoms with Gasteiger partial charge in [-0.15, -0.1) is 0 Å². The highest BCUT2D eigenvalue weighted by Crippen LogP contribution is 2.30. The maximum Gasteiger partial charge on any atom is 0.270 e. The van der Waals surface area contributed by atoms with Crippen molar-refractivity contribution in [1.82, 2.24) is 0 Å². The van der Waals surface area contributed by atoms with Gasteiger partial charge in [0.2, 0.25) is 10.0 Å². The standard InChI is InChI=1S/C12H17N3O4S/c13-20(18,19)12-9-10(15(16)17)5-6-11(12)14-7-3-1-2-4-8-14/h5-6,9H,1-4,7-8H2,(H2,13,18,19). The molecule has 1 fully saturated rings. The zero-order chi connectivity index (χ0) is 14.8. The second-order valence-corrected chi connectivity index (χ2v) is 6.39. The number of benzene rings is 1. The summed E-state index contributed by atoms with van der Waals surface area (Å²) in [5, 5.41) is 16.0. The number of sulfonamides is 1. The monoisotopic (exact) mass is 299 g/mol. The van der Waals surface area contributed by atoms with Crippen LogP contribution < -0.4 is 10.0 Å². The molecule has 110 valence electrons. The van der Waals surface area contributed by atoms with Crippen molar-refractivity contribution in [2.75, 3.05) is 18.0 Å². The van der Waals surface area contributed by atoms with Crippen LogP contribution in [0.4, 0.5) is 11.4 Å². The van der Waals surface area contributed by atoms with Crippen LogP contribution in [0, 0.1) is 10.1 Å². The number of hydrogen-bond acceptors (Lipinski definition) is 5. The van der Waals surface area contributed by atoms with Crippen LogP contribution in [0.1, 0.15) is 25.7 Å². The van der Waals surface area contributed by atoms with Gasteiger partial charge in [0.1, 0.15) is 4.90 Å². The highest BCUT2D eigenvalue weighted by molar-refractivity contribution is 7.89. The van der Waals surface area contributed by atoms with E-state index in [1.165, 1.54) is 12.1 Å². The molecule has 1 heterocycles. The van der Waals surface area contributed by atoms with E-state index in [2.05, 4.69) is 0 Å². The van der Waals surface area contributed by atoms with Crippen LogP contribution in [0.3, 0.4) is 0 Å². The number of nitro groups is 1. The number of rotatable bonds is 3. The first-order valence-corrected chi connectivity index (χ1v) is 8.00. The Morgan fingerprint density at radius 2 is 1.75 bits per heavy atom. The molecule has 0 aliphatic carbocycles. The van der Waals surface area contributed by atoms with Gasteiger partial charge in [-0.2, -0.15) is 0 Å². The van der Waals surface area contributed by atoms with Crippen molar-refractivity contribution in [3.8, 4) is 0 Å². The van der Waals surface area contributed by atoms with Gasteiger partial charge in [0, 0.05) is 25.2 Å². The first-order valence-electron chi connectivity index (χ1n) is 6.46. The molecule has 1 aliphatic heterocycles. The van der Waals surface area contributed by atoms with Crippen molar-refractivity contribution < 1.29 is 13.3 Å². The van der Waals surface area contributed by atoms with E-state index in [9.17, 15) is 18.5 Å². The van der Waals surface area contributed by atoms with Crippen molar-refractivity contribution in [2.24, 2.45) is 5.14 Å². The summed E-state index contributed by atoms with van der Waals surface area (Å²) in [4.78, 5) is 11.9. The van der Waals surface area contributed by atoms with E-state index in [1.807, 2.05) is 4.90 Å². The molecule has 0 bridgehead atoms. The Balaban J connectivity index is 2.48. The Morgan fingerprint density at radius 3 is 2.25 bits per heavy atom. The van der Waals surface area contributed by atoms with Gasteiger partial charge in [-0.05, 0) is 18.9 Å². The summed E-state index contributed by atoms with van der Waals surface area (Å²) >= 11 is 0. The van der Waals surface area contributed by atoms with Crippen molar-refractivity contribution in [1.29, 1.82) is 0 Å². The lowest BCUT2D eigenvalue weighted by molar-refractivity contribution is -0.385. The number of nitro benzene ring substituents is 1. The number of hydrogen-bond donors (Lipinski definition) is 1. The van der Waals surface area contributed by atoms with Gasteiger partial charge >= 0.3 is 0 Å². The van der Waals surface area contributed by atoms with Gasteiger partial charge in [-0.1, -0.05) is 12.8 Å². The molecular formula is C12H17N3O4S. The summed E-state index contributed by atoms with van der Waals surface area (Å²) in [7, 11) is -4.00. The molecule has 1 aromatic rings. The fraction of sp³-hybridized carbons (Fsp3) is 0.500. The molecule has 0 atom stereocenters. The summed E-state index contributed by atoms with van der Waals surface area (Å²) in [5.41, 5.74) is 0.188. The summed E-state index contributed by atoms with van der Waals surface area (Å²) in [6.07, 6.45) is 4.16. The van der Waals surface area contributed by atoms with Crippen LogP contribution >= 0.6 is 0 Å². The maximum absolute atomic E-state index is 11.7. The van der Waals surface area contributed by atoms with Gasteiger partial charge in [-0.25, -0.2) is 13.6 Å². The molecule has 2 rings (SSSR count). The molecule has 0 saturated carbocycles. The number of non-ortho nitro benzene ring substituents is 1. The minimum Gasteiger partial charge on any atom is -0.370 e. The predicted molar refractivity (Wildman–Crippen MR) is 75.2 cm³/mol. The number of anilines is 1. The van der Waals surface area contributed by atoms with Gasteiger partial charge < -0.3 is 4.90 Å². The lowest BCUT2D eigenvalue weighted by atomic mass is 10.2. The largest absolute Gasteiger partial charge is 0.370 e. The Morgan fingerprint density at radius 1 is 1.15 bits per heavy atom. The normalized spacial score (nSPS) is 16.8. The Bertz CT molecular complexity index is 607. The van der Waals surface area contributed by atoms with Crippen LogP contribution in [-0.4, -0.2) is 26.4 Å². The van der Waals surface area contributed by atoms with E-state index >= 15 is 0 Å². The Kier molecular flexibility index (Phi) is 4.24. The smallest absolute Gasteiger partial charge is 0.270 e. The third-order valence-corrected chi connectivity index (χ3v) is 4.35. The minimum absolute atomic E-state index is 0.173. The molecule has 8 heteroatoms. The average Bonchev–Trinajstić information content (AvgIpc) is 2.65. The lowest BCUT2D eigenvalue weighted by Gasteiger charge is -2.24. The third kappa shape index (κ3) is 3.26. The average molecular weight is 299 g/mol. The fourth-order valence-electron chi connectivity index (χ4n) is 2.42. The molecule has 7 nitrogen and oxygen atoms in total. The minimum atomic E-state index is -4.00. The van der Waals surface area contributed by atoms with Crippen LogP contribution in [0.5, 0.6) is 0 Å². The molecule has 0 aromatic heterocycles. The van der Waals surface area contributed by atoms with Gasteiger partial charge in [0.05, 0.1) is 10.6 Å². The first-order chi connectivity index (χ1) is 9.39. The molecular weight excluding hydrogens is 282 g/mol. The van der Waals surface area contributed by atoms with Crippen molar-refractivity contribution in [3.63, 3.8) is 0 Å². The quantitative estimate of drug-likeness (QED) is 0.674. The number of primary sulfonamides is 1. The van der Waals surface area contributed by atoms with Gasteiger partial charge in [0.15, 0.2) is 0 Å². The topological polar surface area (TPSA) is 107 Å². The zero-order valence-corrected chi connectivity index (χ0v) is 11.8. The molecule has 0 unspecified atom stereocenters. The predicted octanol–water partition coefficient (Wildman–Crippen LogP) is 1.62. The molecule has 2 N–H and O–H groups in total. The molecule has 20 heavy (non-hydrogen) atoms. The molecule has 1 aliphatic rings. The lowest BCUT2D eigenvalue weighted by Crippen LogP contribution is -2.27. The molecule has 0 amide bonds. The maximum atomic E-state index is 11.7. The van der Waals surface area contributed by atoms with Crippen LogP contribution in [-0.2, 0) is 10.0 Å². The van der Waals surface area contributed by atoms with Crippen molar-refractivity contribution >= 4 is 21.4 Å². The Labute approximate surface area is 117 Å². The second kappa shape index (κ2) is 5.76. The SMILES string of the molecule is NS(=O)(=O)c1cc([N+](=O)[O-])ccc1N1CCCCCC1.